The average molecular weight is 484 g/mol. The summed E-state index contributed by atoms with van der Waals surface area (Å²) in [5.74, 6) is 0.281. The number of ether oxygens (including phenoxy) is 1. The number of carbonyl (C=O) groups is 1. The van der Waals surface area contributed by atoms with Gasteiger partial charge in [-0.2, -0.15) is 0 Å². The Morgan fingerprint density at radius 3 is 2.51 bits per heavy atom. The van der Waals surface area contributed by atoms with E-state index in [2.05, 4.69) is 24.8 Å². The molecule has 1 spiro atoms. The van der Waals surface area contributed by atoms with Crippen molar-refractivity contribution in [1.82, 2.24) is 24.8 Å². The molecule has 9 nitrogen and oxygen atoms in total. The molecule has 1 atom stereocenters. The third-order valence-corrected chi connectivity index (χ3v) is 7.57. The van der Waals surface area contributed by atoms with E-state index in [1.165, 1.54) is 12.6 Å². The molecular weight excluding hydrogens is 449 g/mol. The molecule has 10 heteroatoms. The van der Waals surface area contributed by atoms with Crippen LogP contribution in [0.25, 0.3) is 11.3 Å². The first-order valence-electron chi connectivity index (χ1n) is 12.4. The number of pyridine rings is 1. The van der Waals surface area contributed by atoms with E-state index in [0.717, 1.165) is 63.4 Å². The summed E-state index contributed by atoms with van der Waals surface area (Å²) in [6.45, 7) is 7.37. The number of piperazine rings is 1. The van der Waals surface area contributed by atoms with Crippen LogP contribution in [0.4, 0.5) is 20.8 Å². The van der Waals surface area contributed by atoms with Crippen LogP contribution in [-0.2, 0) is 4.74 Å². The van der Waals surface area contributed by atoms with Crippen molar-refractivity contribution in [2.75, 3.05) is 69.8 Å². The Balaban J connectivity index is 1.21. The van der Waals surface area contributed by atoms with Crippen LogP contribution in [0.5, 0.6) is 0 Å². The molecule has 2 aliphatic heterocycles. The van der Waals surface area contributed by atoms with Gasteiger partial charge in [-0.05, 0) is 26.2 Å². The maximum Gasteiger partial charge on any atom is 0.409 e. The van der Waals surface area contributed by atoms with Crippen molar-refractivity contribution < 1.29 is 13.9 Å². The zero-order chi connectivity index (χ0) is 24.6. The van der Waals surface area contributed by atoms with Crippen LogP contribution >= 0.6 is 0 Å². The van der Waals surface area contributed by atoms with Gasteiger partial charge in [-0.1, -0.05) is 0 Å². The third kappa shape index (κ3) is 4.76. The van der Waals surface area contributed by atoms with Crippen molar-refractivity contribution in [3.05, 3.63) is 30.5 Å². The molecule has 4 heterocycles. The van der Waals surface area contributed by atoms with Gasteiger partial charge in [0.25, 0.3) is 0 Å². The minimum atomic E-state index is -0.342. The van der Waals surface area contributed by atoms with E-state index in [4.69, 9.17) is 4.74 Å². The number of anilines is 2. The normalized spacial score (nSPS) is 21.8. The van der Waals surface area contributed by atoms with E-state index in [1.807, 2.05) is 30.8 Å². The van der Waals surface area contributed by atoms with Crippen LogP contribution in [0.15, 0.2) is 24.7 Å². The fourth-order valence-electron chi connectivity index (χ4n) is 5.78. The van der Waals surface area contributed by atoms with Crippen LogP contribution in [0.2, 0.25) is 0 Å². The van der Waals surface area contributed by atoms with E-state index in [9.17, 15) is 9.18 Å². The summed E-state index contributed by atoms with van der Waals surface area (Å²) in [5.41, 5.74) is 2.53. The van der Waals surface area contributed by atoms with Crippen molar-refractivity contribution in [2.45, 2.75) is 32.2 Å². The number of aromatic nitrogens is 3. The quantitative estimate of drug-likeness (QED) is 0.643. The zero-order valence-electron chi connectivity index (χ0n) is 20.8. The molecule has 1 unspecified atom stereocenters. The van der Waals surface area contributed by atoms with Gasteiger partial charge in [0.1, 0.15) is 5.82 Å². The van der Waals surface area contributed by atoms with Crippen molar-refractivity contribution in [2.24, 2.45) is 5.41 Å². The number of carbonyl (C=O) groups excluding carboxylic acids is 1. The number of rotatable bonds is 5. The van der Waals surface area contributed by atoms with Crippen LogP contribution in [0.3, 0.4) is 0 Å². The Bertz CT molecular complexity index is 1050. The van der Waals surface area contributed by atoms with Crippen molar-refractivity contribution in [3.8, 4) is 11.3 Å². The lowest BCUT2D eigenvalue weighted by Gasteiger charge is -2.48. The van der Waals surface area contributed by atoms with Gasteiger partial charge in [0.05, 0.1) is 24.2 Å². The molecule has 0 radical (unpaired) electrons. The van der Waals surface area contributed by atoms with E-state index < -0.39 is 0 Å². The fraction of sp³-hybridized carbons (Fsp3) is 0.600. The van der Waals surface area contributed by atoms with E-state index in [1.54, 1.807) is 18.5 Å². The van der Waals surface area contributed by atoms with Crippen LogP contribution in [0, 0.1) is 11.2 Å². The predicted molar refractivity (Wildman–Crippen MR) is 132 cm³/mol. The lowest BCUT2D eigenvalue weighted by Crippen LogP contribution is -2.58. The molecule has 1 aliphatic carbocycles. The first kappa shape index (κ1) is 23.7. The largest absolute Gasteiger partial charge is 0.450 e. The number of nitrogens with zero attached hydrogens (tertiary/aromatic N) is 7. The second kappa shape index (κ2) is 9.56. The van der Waals surface area contributed by atoms with E-state index >= 15 is 0 Å². The zero-order valence-corrected chi connectivity index (χ0v) is 20.8. The molecule has 3 aliphatic rings. The summed E-state index contributed by atoms with van der Waals surface area (Å²) in [7, 11) is 3.78. The minimum absolute atomic E-state index is 0.184. The predicted octanol–water partition coefficient (Wildman–Crippen LogP) is 2.88. The molecular formula is C25H34FN7O2. The van der Waals surface area contributed by atoms with Gasteiger partial charge < -0.3 is 19.4 Å². The average Bonchev–Trinajstić information content (AvgIpc) is 3.29. The van der Waals surface area contributed by atoms with E-state index in [0.29, 0.717) is 24.3 Å². The highest BCUT2D eigenvalue weighted by Gasteiger charge is 2.51. The molecule has 2 aromatic heterocycles. The molecule has 5 rings (SSSR count). The SMILES string of the molecule is CCOC(=O)N1CC2(CCC(N3CCN(c4cc(F)cnc4-c4cnc(N(C)C)nc4)CC3)C2)C1. The molecule has 2 saturated heterocycles. The number of amides is 1. The standard InChI is InChI=1S/C25H34FN7O2/c1-4-35-24(34)33-16-25(17-33)6-5-20(12-25)31-7-9-32(10-8-31)21-11-19(26)15-27-22(21)18-13-28-23(29-14-18)30(2)3/h11,13-15,20H,4-10,12,16-17H2,1-3H3. The summed E-state index contributed by atoms with van der Waals surface area (Å²) in [6.07, 6.45) is 8.03. The Morgan fingerprint density at radius 1 is 1.14 bits per heavy atom. The highest BCUT2D eigenvalue weighted by atomic mass is 19.1. The highest BCUT2D eigenvalue weighted by Crippen LogP contribution is 2.47. The summed E-state index contributed by atoms with van der Waals surface area (Å²) in [5, 5.41) is 0. The van der Waals surface area contributed by atoms with Crippen molar-refractivity contribution in [3.63, 3.8) is 0 Å². The Morgan fingerprint density at radius 2 is 1.86 bits per heavy atom. The second-order valence-corrected chi connectivity index (χ2v) is 10.2. The van der Waals surface area contributed by atoms with Gasteiger partial charge >= 0.3 is 6.09 Å². The van der Waals surface area contributed by atoms with Crippen molar-refractivity contribution in [1.29, 1.82) is 0 Å². The lowest BCUT2D eigenvalue weighted by molar-refractivity contribution is -0.00294. The van der Waals surface area contributed by atoms with Crippen molar-refractivity contribution >= 4 is 17.7 Å². The molecule has 35 heavy (non-hydrogen) atoms. The van der Waals surface area contributed by atoms with Gasteiger partial charge in [0.2, 0.25) is 5.95 Å². The summed E-state index contributed by atoms with van der Waals surface area (Å²) >= 11 is 0. The first-order chi connectivity index (χ1) is 16.9. The summed E-state index contributed by atoms with van der Waals surface area (Å²) < 4.78 is 19.3. The topological polar surface area (TPSA) is 77.9 Å². The molecule has 0 bridgehead atoms. The summed E-state index contributed by atoms with van der Waals surface area (Å²) in [4.78, 5) is 33.6. The van der Waals surface area contributed by atoms with Gasteiger partial charge in [0.15, 0.2) is 0 Å². The fourth-order valence-corrected chi connectivity index (χ4v) is 5.78. The van der Waals surface area contributed by atoms with Gasteiger partial charge in [-0.3, -0.25) is 9.88 Å². The smallest absolute Gasteiger partial charge is 0.409 e. The van der Waals surface area contributed by atoms with E-state index in [-0.39, 0.29) is 17.3 Å². The molecule has 188 valence electrons. The molecule has 0 aromatic carbocycles. The van der Waals surface area contributed by atoms with Crippen LogP contribution < -0.4 is 9.80 Å². The Kier molecular flexibility index (Phi) is 6.48. The molecule has 1 saturated carbocycles. The van der Waals surface area contributed by atoms with Gasteiger partial charge in [0, 0.05) is 88.8 Å². The maximum absolute atomic E-state index is 14.2. The van der Waals surface area contributed by atoms with Gasteiger partial charge in [-0.15, -0.1) is 0 Å². The van der Waals surface area contributed by atoms with Crippen LogP contribution in [-0.4, -0.2) is 96.9 Å². The number of hydrogen-bond donors (Lipinski definition) is 0. The number of halogens is 1. The Hall–Kier alpha value is -3.01. The first-order valence-corrected chi connectivity index (χ1v) is 12.4. The molecule has 0 N–H and O–H groups in total. The second-order valence-electron chi connectivity index (χ2n) is 10.2. The highest BCUT2D eigenvalue weighted by molar-refractivity contribution is 5.74. The molecule has 2 aromatic rings. The molecule has 3 fully saturated rings. The van der Waals surface area contributed by atoms with Crippen LogP contribution in [0.1, 0.15) is 26.2 Å². The number of likely N-dealkylation sites (tertiary alicyclic amines) is 1. The summed E-state index contributed by atoms with van der Waals surface area (Å²) in [6, 6.07) is 2.11. The molecule has 1 amide bonds. The maximum atomic E-state index is 14.2. The third-order valence-electron chi connectivity index (χ3n) is 7.57. The van der Waals surface area contributed by atoms with Gasteiger partial charge in [-0.25, -0.2) is 19.2 Å². The minimum Gasteiger partial charge on any atom is -0.450 e. The number of hydrogen-bond acceptors (Lipinski definition) is 8. The monoisotopic (exact) mass is 483 g/mol. The Labute approximate surface area is 205 Å². The lowest BCUT2D eigenvalue weighted by atomic mass is 9.78.